The molecule has 5 heteroatoms. The van der Waals surface area contributed by atoms with Crippen LogP contribution in [0, 0.1) is 13.8 Å². The molecule has 0 radical (unpaired) electrons. The fourth-order valence-corrected chi connectivity index (χ4v) is 1.50. The molecule has 0 saturated carbocycles. The van der Waals surface area contributed by atoms with Crippen molar-refractivity contribution in [1.82, 2.24) is 15.1 Å². The Morgan fingerprint density at radius 3 is 2.31 bits per heavy atom. The summed E-state index contributed by atoms with van der Waals surface area (Å²) >= 11 is 0. The monoisotopic (exact) mass is 218 g/mol. The van der Waals surface area contributed by atoms with Crippen molar-refractivity contribution < 1.29 is 4.52 Å². The van der Waals surface area contributed by atoms with Crippen LogP contribution in [0.1, 0.15) is 30.2 Å². The second-order valence-corrected chi connectivity index (χ2v) is 3.88. The number of aromatic nitrogens is 3. The molecule has 0 fully saturated rings. The maximum Gasteiger partial charge on any atom is 0.243 e. The van der Waals surface area contributed by atoms with Crippen molar-refractivity contribution >= 4 is 0 Å². The number of rotatable bonds is 2. The van der Waals surface area contributed by atoms with E-state index in [1.165, 1.54) is 0 Å². The van der Waals surface area contributed by atoms with Crippen molar-refractivity contribution in [3.63, 3.8) is 0 Å². The van der Waals surface area contributed by atoms with Gasteiger partial charge in [-0.1, -0.05) is 5.16 Å². The molecule has 1 unspecified atom stereocenters. The zero-order valence-electron chi connectivity index (χ0n) is 9.56. The highest BCUT2D eigenvalue weighted by Gasteiger charge is 2.12. The van der Waals surface area contributed by atoms with Gasteiger partial charge in [-0.2, -0.15) is 4.98 Å². The lowest BCUT2D eigenvalue weighted by Crippen LogP contribution is -2.04. The lowest BCUT2D eigenvalue weighted by molar-refractivity contribution is 0.362. The number of hydrogen-bond donors (Lipinski definition) is 1. The number of nitrogens with zero attached hydrogens (tertiary/aromatic N) is 3. The Hall–Kier alpha value is -1.75. The normalized spacial score (nSPS) is 12.8. The summed E-state index contributed by atoms with van der Waals surface area (Å²) in [5.74, 6) is 1.00. The van der Waals surface area contributed by atoms with Crippen molar-refractivity contribution in [3.05, 3.63) is 29.4 Å². The predicted molar refractivity (Wildman–Crippen MR) is 59.6 cm³/mol. The highest BCUT2D eigenvalue weighted by molar-refractivity contribution is 5.55. The minimum atomic E-state index is -0.245. The van der Waals surface area contributed by atoms with Crippen LogP contribution in [0.5, 0.6) is 0 Å². The van der Waals surface area contributed by atoms with Gasteiger partial charge in [-0.15, -0.1) is 0 Å². The van der Waals surface area contributed by atoms with E-state index in [0.717, 1.165) is 17.0 Å². The SMILES string of the molecule is Cc1cc(-c2noc(C(C)N)n2)cc(C)n1. The zero-order chi connectivity index (χ0) is 11.7. The molecule has 1 atom stereocenters. The van der Waals surface area contributed by atoms with E-state index >= 15 is 0 Å². The molecule has 2 rings (SSSR count). The fraction of sp³-hybridized carbons (Fsp3) is 0.364. The molecule has 0 amide bonds. The molecular formula is C11H14N4O. The Balaban J connectivity index is 2.42. The van der Waals surface area contributed by atoms with E-state index in [9.17, 15) is 0 Å². The van der Waals surface area contributed by atoms with Gasteiger partial charge in [0.2, 0.25) is 11.7 Å². The topological polar surface area (TPSA) is 77.8 Å². The maximum atomic E-state index is 5.66. The van der Waals surface area contributed by atoms with Crippen LogP contribution >= 0.6 is 0 Å². The lowest BCUT2D eigenvalue weighted by Gasteiger charge is -1.99. The quantitative estimate of drug-likeness (QED) is 0.831. The highest BCUT2D eigenvalue weighted by atomic mass is 16.5. The Kier molecular flexibility index (Phi) is 2.70. The molecule has 0 bridgehead atoms. The number of pyridine rings is 1. The van der Waals surface area contributed by atoms with Crippen LogP contribution in [-0.2, 0) is 0 Å². The summed E-state index contributed by atoms with van der Waals surface area (Å²) in [5.41, 5.74) is 8.42. The summed E-state index contributed by atoms with van der Waals surface area (Å²) in [6, 6.07) is 3.59. The number of aryl methyl sites for hydroxylation is 2. The van der Waals surface area contributed by atoms with Crippen LogP contribution < -0.4 is 5.73 Å². The largest absolute Gasteiger partial charge is 0.337 e. The van der Waals surface area contributed by atoms with E-state index in [1.807, 2.05) is 26.0 Å². The van der Waals surface area contributed by atoms with Crippen LogP contribution in [-0.4, -0.2) is 15.1 Å². The fourth-order valence-electron chi connectivity index (χ4n) is 1.50. The Bertz CT molecular complexity index is 484. The zero-order valence-corrected chi connectivity index (χ0v) is 9.56. The molecule has 84 valence electrons. The third kappa shape index (κ3) is 2.09. The van der Waals surface area contributed by atoms with Gasteiger partial charge < -0.3 is 10.3 Å². The first-order chi connectivity index (χ1) is 7.56. The van der Waals surface area contributed by atoms with Gasteiger partial charge in [0.1, 0.15) is 0 Å². The van der Waals surface area contributed by atoms with Crippen LogP contribution in [0.3, 0.4) is 0 Å². The predicted octanol–water partition coefficient (Wildman–Crippen LogP) is 1.77. The maximum absolute atomic E-state index is 5.66. The molecule has 0 saturated heterocycles. The summed E-state index contributed by atoms with van der Waals surface area (Å²) in [4.78, 5) is 8.52. The summed E-state index contributed by atoms with van der Waals surface area (Å²) in [6.07, 6.45) is 0. The van der Waals surface area contributed by atoms with Gasteiger partial charge in [-0.25, -0.2) is 0 Å². The third-order valence-electron chi connectivity index (χ3n) is 2.17. The number of nitrogens with two attached hydrogens (primary N) is 1. The number of hydrogen-bond acceptors (Lipinski definition) is 5. The van der Waals surface area contributed by atoms with Crippen molar-refractivity contribution in [2.75, 3.05) is 0 Å². The van der Waals surface area contributed by atoms with Gasteiger partial charge >= 0.3 is 0 Å². The Morgan fingerprint density at radius 2 is 1.81 bits per heavy atom. The first-order valence-electron chi connectivity index (χ1n) is 5.11. The molecule has 0 aromatic carbocycles. The van der Waals surface area contributed by atoms with E-state index in [4.69, 9.17) is 10.3 Å². The second-order valence-electron chi connectivity index (χ2n) is 3.88. The van der Waals surface area contributed by atoms with Crippen LogP contribution in [0.25, 0.3) is 11.4 Å². The van der Waals surface area contributed by atoms with Crippen molar-refractivity contribution in [2.45, 2.75) is 26.8 Å². The molecule has 0 aliphatic rings. The molecule has 2 N–H and O–H groups in total. The van der Waals surface area contributed by atoms with Gasteiger partial charge in [0.15, 0.2) is 0 Å². The molecule has 2 aromatic heterocycles. The first-order valence-corrected chi connectivity index (χ1v) is 5.11. The molecule has 2 heterocycles. The van der Waals surface area contributed by atoms with E-state index < -0.39 is 0 Å². The average Bonchev–Trinajstić information content (AvgIpc) is 2.64. The van der Waals surface area contributed by atoms with E-state index in [2.05, 4.69) is 15.1 Å². The molecule has 0 aliphatic heterocycles. The van der Waals surface area contributed by atoms with Crippen LogP contribution in [0.4, 0.5) is 0 Å². The Morgan fingerprint density at radius 1 is 1.19 bits per heavy atom. The van der Waals surface area contributed by atoms with Gasteiger partial charge in [-0.3, -0.25) is 4.98 Å². The molecule has 5 nitrogen and oxygen atoms in total. The summed E-state index contributed by atoms with van der Waals surface area (Å²) in [6.45, 7) is 5.67. The smallest absolute Gasteiger partial charge is 0.243 e. The minimum Gasteiger partial charge on any atom is -0.337 e. The standard InChI is InChI=1S/C11H14N4O/c1-6-4-9(5-7(2)13-6)10-14-11(8(3)12)16-15-10/h4-5,8H,12H2,1-3H3. The van der Waals surface area contributed by atoms with Gasteiger partial charge in [0, 0.05) is 17.0 Å². The molecule has 0 aliphatic carbocycles. The van der Waals surface area contributed by atoms with E-state index in [0.29, 0.717) is 11.7 Å². The van der Waals surface area contributed by atoms with Crippen LogP contribution in [0.15, 0.2) is 16.7 Å². The van der Waals surface area contributed by atoms with Gasteiger partial charge in [0.25, 0.3) is 0 Å². The van der Waals surface area contributed by atoms with E-state index in [-0.39, 0.29) is 6.04 Å². The second kappa shape index (κ2) is 4.02. The highest BCUT2D eigenvalue weighted by Crippen LogP contribution is 2.19. The lowest BCUT2D eigenvalue weighted by atomic mass is 10.2. The molecular weight excluding hydrogens is 204 g/mol. The van der Waals surface area contributed by atoms with Gasteiger partial charge in [0.05, 0.1) is 6.04 Å². The third-order valence-corrected chi connectivity index (χ3v) is 2.17. The molecule has 0 spiro atoms. The van der Waals surface area contributed by atoms with Crippen molar-refractivity contribution in [3.8, 4) is 11.4 Å². The van der Waals surface area contributed by atoms with Crippen LogP contribution in [0.2, 0.25) is 0 Å². The summed E-state index contributed by atoms with van der Waals surface area (Å²) in [5, 5.41) is 3.90. The summed E-state index contributed by atoms with van der Waals surface area (Å²) < 4.78 is 5.05. The minimum absolute atomic E-state index is 0.245. The molecule has 2 aromatic rings. The Labute approximate surface area is 93.7 Å². The van der Waals surface area contributed by atoms with E-state index in [1.54, 1.807) is 6.92 Å². The molecule has 16 heavy (non-hydrogen) atoms. The van der Waals surface area contributed by atoms with Gasteiger partial charge in [-0.05, 0) is 32.9 Å². The first kappa shape index (κ1) is 10.8. The van der Waals surface area contributed by atoms with Crippen molar-refractivity contribution in [2.24, 2.45) is 5.73 Å². The van der Waals surface area contributed by atoms with Crippen molar-refractivity contribution in [1.29, 1.82) is 0 Å². The average molecular weight is 218 g/mol. The summed E-state index contributed by atoms with van der Waals surface area (Å²) in [7, 11) is 0.